The van der Waals surface area contributed by atoms with Crippen LogP contribution in [0.15, 0.2) is 48.5 Å². The van der Waals surface area contributed by atoms with E-state index in [1.54, 1.807) is 0 Å². The molecule has 3 nitrogen and oxygen atoms in total. The maximum atomic E-state index is 6.06. The number of hydrogen-bond donors (Lipinski definition) is 1. The van der Waals surface area contributed by atoms with Gasteiger partial charge in [0.15, 0.2) is 11.5 Å². The van der Waals surface area contributed by atoms with Gasteiger partial charge in [-0.1, -0.05) is 36.4 Å². The third kappa shape index (κ3) is 3.31. The molecule has 0 aliphatic carbocycles. The molecule has 0 saturated heterocycles. The molecule has 0 aromatic heterocycles. The van der Waals surface area contributed by atoms with E-state index >= 15 is 0 Å². The summed E-state index contributed by atoms with van der Waals surface area (Å²) in [7, 11) is 0. The van der Waals surface area contributed by atoms with Gasteiger partial charge in [-0.2, -0.15) is 0 Å². The fourth-order valence-corrected chi connectivity index (χ4v) is 2.16. The average Bonchev–Trinajstić information content (AvgIpc) is 2.47. The standard InChI is InChI=1S/C17H21NO2/c1-3-19-15-10-6-7-11-16(15)20-17(12-18)14-9-5-4-8-13(14)2/h4-11,17H,3,12,18H2,1-2H3. The molecule has 0 radical (unpaired) electrons. The second-order valence-corrected chi connectivity index (χ2v) is 4.58. The Kier molecular flexibility index (Phi) is 5.02. The van der Waals surface area contributed by atoms with E-state index in [1.807, 2.05) is 43.3 Å². The first kappa shape index (κ1) is 14.4. The van der Waals surface area contributed by atoms with Crippen LogP contribution in [0.25, 0.3) is 0 Å². The highest BCUT2D eigenvalue weighted by molar-refractivity contribution is 5.40. The van der Waals surface area contributed by atoms with Crippen LogP contribution < -0.4 is 15.2 Å². The summed E-state index contributed by atoms with van der Waals surface area (Å²) in [4.78, 5) is 0. The molecule has 0 fully saturated rings. The monoisotopic (exact) mass is 271 g/mol. The van der Waals surface area contributed by atoms with Crippen LogP contribution >= 0.6 is 0 Å². The van der Waals surface area contributed by atoms with Crippen molar-refractivity contribution in [1.29, 1.82) is 0 Å². The lowest BCUT2D eigenvalue weighted by Gasteiger charge is -2.21. The van der Waals surface area contributed by atoms with Crippen LogP contribution in [0.4, 0.5) is 0 Å². The largest absolute Gasteiger partial charge is 0.490 e. The van der Waals surface area contributed by atoms with E-state index in [0.29, 0.717) is 13.2 Å². The van der Waals surface area contributed by atoms with Crippen LogP contribution in [0, 0.1) is 6.92 Å². The minimum absolute atomic E-state index is 0.169. The summed E-state index contributed by atoms with van der Waals surface area (Å²) >= 11 is 0. The van der Waals surface area contributed by atoms with Gasteiger partial charge in [-0.3, -0.25) is 0 Å². The average molecular weight is 271 g/mol. The number of ether oxygens (including phenoxy) is 2. The van der Waals surface area contributed by atoms with E-state index in [-0.39, 0.29) is 6.10 Å². The van der Waals surface area contributed by atoms with Crippen molar-refractivity contribution < 1.29 is 9.47 Å². The zero-order valence-electron chi connectivity index (χ0n) is 12.0. The van der Waals surface area contributed by atoms with Crippen molar-refractivity contribution in [2.75, 3.05) is 13.2 Å². The second-order valence-electron chi connectivity index (χ2n) is 4.58. The zero-order valence-corrected chi connectivity index (χ0v) is 12.0. The van der Waals surface area contributed by atoms with Gasteiger partial charge in [0.05, 0.1) is 6.61 Å². The van der Waals surface area contributed by atoms with E-state index in [2.05, 4.69) is 19.1 Å². The molecule has 1 unspecified atom stereocenters. The molecule has 0 aliphatic heterocycles. The molecule has 106 valence electrons. The summed E-state index contributed by atoms with van der Waals surface area (Å²) in [6, 6.07) is 15.8. The third-order valence-corrected chi connectivity index (χ3v) is 3.17. The lowest BCUT2D eigenvalue weighted by molar-refractivity contribution is 0.199. The van der Waals surface area contributed by atoms with Crippen molar-refractivity contribution >= 4 is 0 Å². The Morgan fingerprint density at radius 2 is 1.65 bits per heavy atom. The summed E-state index contributed by atoms with van der Waals surface area (Å²) in [6.07, 6.45) is -0.169. The van der Waals surface area contributed by atoms with Crippen LogP contribution in [-0.4, -0.2) is 13.2 Å². The van der Waals surface area contributed by atoms with Gasteiger partial charge in [-0.15, -0.1) is 0 Å². The number of nitrogens with two attached hydrogens (primary N) is 1. The van der Waals surface area contributed by atoms with Crippen LogP contribution in [0.1, 0.15) is 24.2 Å². The summed E-state index contributed by atoms with van der Waals surface area (Å²) in [5.74, 6) is 1.48. The van der Waals surface area contributed by atoms with E-state index in [1.165, 1.54) is 5.56 Å². The Morgan fingerprint density at radius 1 is 1.00 bits per heavy atom. The normalized spacial score (nSPS) is 11.9. The maximum absolute atomic E-state index is 6.06. The first-order valence-corrected chi connectivity index (χ1v) is 6.90. The predicted molar refractivity (Wildman–Crippen MR) is 81.2 cm³/mol. The lowest BCUT2D eigenvalue weighted by atomic mass is 10.0. The number of benzene rings is 2. The van der Waals surface area contributed by atoms with Gasteiger partial charge in [-0.25, -0.2) is 0 Å². The highest BCUT2D eigenvalue weighted by Gasteiger charge is 2.15. The molecule has 2 N–H and O–H groups in total. The van der Waals surface area contributed by atoms with Crippen molar-refractivity contribution in [2.45, 2.75) is 20.0 Å². The first-order chi connectivity index (χ1) is 9.76. The van der Waals surface area contributed by atoms with Crippen LogP contribution in [0.2, 0.25) is 0 Å². The SMILES string of the molecule is CCOc1ccccc1OC(CN)c1ccccc1C. The molecule has 0 saturated carbocycles. The molecule has 3 heteroatoms. The predicted octanol–water partition coefficient (Wildman–Crippen LogP) is 3.47. The Morgan fingerprint density at radius 3 is 2.30 bits per heavy atom. The quantitative estimate of drug-likeness (QED) is 0.875. The van der Waals surface area contributed by atoms with Gasteiger partial charge in [0.25, 0.3) is 0 Å². The van der Waals surface area contributed by atoms with E-state index < -0.39 is 0 Å². The molecular formula is C17H21NO2. The van der Waals surface area contributed by atoms with Gasteiger partial charge >= 0.3 is 0 Å². The van der Waals surface area contributed by atoms with Crippen LogP contribution in [0.5, 0.6) is 11.5 Å². The summed E-state index contributed by atoms with van der Waals surface area (Å²) in [6.45, 7) is 5.05. The van der Waals surface area contributed by atoms with Crippen molar-refractivity contribution in [3.05, 3.63) is 59.7 Å². The minimum Gasteiger partial charge on any atom is -0.490 e. The molecule has 2 aromatic rings. The van der Waals surface area contributed by atoms with Gasteiger partial charge in [0, 0.05) is 6.54 Å². The van der Waals surface area contributed by atoms with E-state index in [4.69, 9.17) is 15.2 Å². The molecule has 0 amide bonds. The fourth-order valence-electron chi connectivity index (χ4n) is 2.16. The molecule has 0 bridgehead atoms. The zero-order chi connectivity index (χ0) is 14.4. The number of aryl methyl sites for hydroxylation is 1. The van der Waals surface area contributed by atoms with Crippen molar-refractivity contribution in [3.8, 4) is 11.5 Å². The Labute approximate surface area is 120 Å². The third-order valence-electron chi connectivity index (χ3n) is 3.17. The number of rotatable bonds is 6. The molecule has 2 rings (SSSR count). The molecule has 2 aromatic carbocycles. The molecule has 0 heterocycles. The van der Waals surface area contributed by atoms with E-state index in [9.17, 15) is 0 Å². The summed E-state index contributed by atoms with van der Waals surface area (Å²) < 4.78 is 11.6. The Hall–Kier alpha value is -2.00. The topological polar surface area (TPSA) is 44.5 Å². The molecule has 1 atom stereocenters. The first-order valence-electron chi connectivity index (χ1n) is 6.90. The molecule has 0 aliphatic rings. The molecule has 20 heavy (non-hydrogen) atoms. The molecular weight excluding hydrogens is 250 g/mol. The van der Waals surface area contributed by atoms with E-state index in [0.717, 1.165) is 17.1 Å². The number of hydrogen-bond acceptors (Lipinski definition) is 3. The molecule has 0 spiro atoms. The van der Waals surface area contributed by atoms with Gasteiger partial charge in [0.1, 0.15) is 6.10 Å². The van der Waals surface area contributed by atoms with Gasteiger partial charge in [-0.05, 0) is 37.1 Å². The fraction of sp³-hybridized carbons (Fsp3) is 0.294. The van der Waals surface area contributed by atoms with Gasteiger partial charge < -0.3 is 15.2 Å². The Bertz CT molecular complexity index is 554. The highest BCUT2D eigenvalue weighted by Crippen LogP contribution is 2.31. The lowest BCUT2D eigenvalue weighted by Crippen LogP contribution is -2.19. The highest BCUT2D eigenvalue weighted by atomic mass is 16.5. The minimum atomic E-state index is -0.169. The summed E-state index contributed by atoms with van der Waals surface area (Å²) in [5.41, 5.74) is 8.17. The maximum Gasteiger partial charge on any atom is 0.162 e. The second kappa shape index (κ2) is 6.96. The summed E-state index contributed by atoms with van der Waals surface area (Å²) in [5, 5.41) is 0. The smallest absolute Gasteiger partial charge is 0.162 e. The van der Waals surface area contributed by atoms with Crippen molar-refractivity contribution in [2.24, 2.45) is 5.73 Å². The van der Waals surface area contributed by atoms with Gasteiger partial charge in [0.2, 0.25) is 0 Å². The van der Waals surface area contributed by atoms with Crippen molar-refractivity contribution in [3.63, 3.8) is 0 Å². The van der Waals surface area contributed by atoms with Crippen LogP contribution in [0.3, 0.4) is 0 Å². The number of para-hydroxylation sites is 2. The van der Waals surface area contributed by atoms with Crippen molar-refractivity contribution in [1.82, 2.24) is 0 Å². The Balaban J connectivity index is 2.25. The van der Waals surface area contributed by atoms with Crippen LogP contribution in [-0.2, 0) is 0 Å².